The molecule has 5 rings (SSSR count). The number of aromatic nitrogens is 2. The first kappa shape index (κ1) is 28.0. The van der Waals surface area contributed by atoms with Gasteiger partial charge in [-0.25, -0.2) is 14.4 Å². The standard InChI is InChI=1S/C14H12ClFN2O2.C14H11ClN2O2/c1-8(20)18-14-5-12(9(7-19)6-17-14)11-3-2-10(15)4-13(11)16;1-8(18)17-14-5-12-9(6-16-14)7-19-13-4-10(15)2-3-11(12)13/h2-6,19H,7H2,1H3,(H,17,18,20);2-6H,7H2,1H3,(H,16,17,18). The number of benzene rings is 2. The Kier molecular flexibility index (Phi) is 8.75. The normalized spacial score (nSPS) is 11.2. The van der Waals surface area contributed by atoms with E-state index in [9.17, 15) is 19.1 Å². The summed E-state index contributed by atoms with van der Waals surface area (Å²) in [7, 11) is 0. The number of carbonyl (C=O) groups is 2. The number of anilines is 2. The first-order valence-electron chi connectivity index (χ1n) is 11.7. The molecule has 0 aliphatic carbocycles. The Morgan fingerprint density at radius 2 is 1.46 bits per heavy atom. The minimum Gasteiger partial charge on any atom is -0.488 e. The van der Waals surface area contributed by atoms with E-state index in [4.69, 9.17) is 27.9 Å². The molecule has 2 amide bonds. The van der Waals surface area contributed by atoms with Gasteiger partial charge in [0.15, 0.2) is 0 Å². The van der Waals surface area contributed by atoms with Crippen molar-refractivity contribution in [3.8, 4) is 28.0 Å². The van der Waals surface area contributed by atoms with E-state index in [-0.39, 0.29) is 29.0 Å². The van der Waals surface area contributed by atoms with Crippen molar-refractivity contribution in [3.05, 3.63) is 87.9 Å². The molecule has 4 aromatic rings. The first-order valence-corrected chi connectivity index (χ1v) is 12.4. The monoisotopic (exact) mass is 568 g/mol. The van der Waals surface area contributed by atoms with Gasteiger partial charge in [0.2, 0.25) is 11.8 Å². The van der Waals surface area contributed by atoms with Crippen molar-refractivity contribution in [2.24, 2.45) is 0 Å². The number of carbonyl (C=O) groups excluding carboxylic acids is 2. The molecule has 1 aliphatic heterocycles. The van der Waals surface area contributed by atoms with Crippen LogP contribution in [0.25, 0.3) is 22.3 Å². The van der Waals surface area contributed by atoms with Gasteiger partial charge in [0.1, 0.15) is 29.8 Å². The molecule has 3 heterocycles. The molecule has 11 heteroatoms. The molecular weight excluding hydrogens is 546 g/mol. The van der Waals surface area contributed by atoms with Crippen LogP contribution in [0.1, 0.15) is 25.0 Å². The number of nitrogens with one attached hydrogen (secondary N) is 2. The van der Waals surface area contributed by atoms with Gasteiger partial charge in [0.05, 0.1) is 6.61 Å². The van der Waals surface area contributed by atoms with Gasteiger partial charge in [-0.3, -0.25) is 9.59 Å². The largest absolute Gasteiger partial charge is 0.488 e. The number of hydrogen-bond acceptors (Lipinski definition) is 6. The Hall–Kier alpha value is -4.05. The summed E-state index contributed by atoms with van der Waals surface area (Å²) in [6.07, 6.45) is 3.12. The van der Waals surface area contributed by atoms with Crippen LogP contribution < -0.4 is 15.4 Å². The van der Waals surface area contributed by atoms with E-state index in [1.165, 1.54) is 38.2 Å². The zero-order chi connectivity index (χ0) is 28.1. The maximum absolute atomic E-state index is 14.0. The van der Waals surface area contributed by atoms with E-state index in [1.807, 2.05) is 18.2 Å². The van der Waals surface area contributed by atoms with Crippen LogP contribution in [0.2, 0.25) is 10.0 Å². The summed E-state index contributed by atoms with van der Waals surface area (Å²) in [5.41, 5.74) is 4.16. The molecule has 0 radical (unpaired) electrons. The Balaban J connectivity index is 0.000000181. The second-order valence-corrected chi connectivity index (χ2v) is 9.40. The van der Waals surface area contributed by atoms with Gasteiger partial charge in [-0.05, 0) is 59.7 Å². The van der Waals surface area contributed by atoms with Gasteiger partial charge in [-0.1, -0.05) is 23.2 Å². The second-order valence-electron chi connectivity index (χ2n) is 8.53. The zero-order valence-electron chi connectivity index (χ0n) is 20.9. The number of aliphatic hydroxyl groups excluding tert-OH is 1. The SMILES string of the molecule is CC(=O)Nc1cc(-c2ccc(Cl)cc2F)c(CO)cn1.CC(=O)Nc1cc2c(cn1)COc1cc(Cl)ccc1-2. The van der Waals surface area contributed by atoms with E-state index in [2.05, 4.69) is 20.6 Å². The Bertz CT molecular complexity index is 1570. The average molecular weight is 569 g/mol. The molecule has 1 aliphatic rings. The molecule has 0 fully saturated rings. The third-order valence-electron chi connectivity index (χ3n) is 5.59. The van der Waals surface area contributed by atoms with Gasteiger partial charge in [-0.15, -0.1) is 0 Å². The third kappa shape index (κ3) is 6.88. The fraction of sp³-hybridized carbons (Fsp3) is 0.143. The highest BCUT2D eigenvalue weighted by Gasteiger charge is 2.19. The van der Waals surface area contributed by atoms with Crippen molar-refractivity contribution in [3.63, 3.8) is 0 Å². The van der Waals surface area contributed by atoms with Crippen molar-refractivity contribution in [2.45, 2.75) is 27.1 Å². The molecule has 2 aromatic heterocycles. The molecule has 0 unspecified atom stereocenters. The number of aliphatic hydroxyl groups is 1. The molecule has 0 saturated heterocycles. The number of amides is 2. The molecule has 3 N–H and O–H groups in total. The van der Waals surface area contributed by atoms with Gasteiger partial charge in [0, 0.05) is 58.5 Å². The number of hydrogen-bond donors (Lipinski definition) is 3. The van der Waals surface area contributed by atoms with E-state index >= 15 is 0 Å². The highest BCUT2D eigenvalue weighted by molar-refractivity contribution is 6.31. The van der Waals surface area contributed by atoms with Crippen molar-refractivity contribution >= 4 is 46.7 Å². The predicted molar refractivity (Wildman–Crippen MR) is 148 cm³/mol. The predicted octanol–water partition coefficient (Wildman–Crippen LogP) is 6.24. The molecule has 8 nitrogen and oxygen atoms in total. The van der Waals surface area contributed by atoms with Gasteiger partial charge < -0.3 is 20.5 Å². The number of nitrogens with zero attached hydrogens (tertiary/aromatic N) is 2. The summed E-state index contributed by atoms with van der Waals surface area (Å²) in [4.78, 5) is 30.3. The molecular formula is C28H23Cl2FN4O4. The number of halogens is 3. The highest BCUT2D eigenvalue weighted by Crippen LogP contribution is 2.39. The molecule has 200 valence electrons. The van der Waals surface area contributed by atoms with Crippen LogP contribution in [0.5, 0.6) is 5.75 Å². The van der Waals surface area contributed by atoms with Crippen LogP contribution in [0.15, 0.2) is 60.9 Å². The Morgan fingerprint density at radius 1 is 0.872 bits per heavy atom. The second kappa shape index (κ2) is 12.2. The van der Waals surface area contributed by atoms with Crippen molar-refractivity contribution in [1.29, 1.82) is 0 Å². The molecule has 0 saturated carbocycles. The summed E-state index contributed by atoms with van der Waals surface area (Å²) in [5.74, 6) is 0.646. The average Bonchev–Trinajstić information content (AvgIpc) is 2.88. The lowest BCUT2D eigenvalue weighted by molar-refractivity contribution is -0.115. The Morgan fingerprint density at radius 3 is 2.08 bits per heavy atom. The summed E-state index contributed by atoms with van der Waals surface area (Å²) < 4.78 is 19.6. The number of ether oxygens (including phenoxy) is 1. The van der Waals surface area contributed by atoms with E-state index in [0.29, 0.717) is 34.4 Å². The highest BCUT2D eigenvalue weighted by atomic mass is 35.5. The summed E-state index contributed by atoms with van der Waals surface area (Å²) in [6, 6.07) is 13.1. The lowest BCUT2D eigenvalue weighted by atomic mass is 9.99. The zero-order valence-corrected chi connectivity index (χ0v) is 22.4. The van der Waals surface area contributed by atoms with E-state index in [0.717, 1.165) is 22.4 Å². The van der Waals surface area contributed by atoms with Crippen molar-refractivity contribution in [2.75, 3.05) is 10.6 Å². The summed E-state index contributed by atoms with van der Waals surface area (Å²) >= 11 is 11.7. The Labute approximate surface area is 233 Å². The maximum atomic E-state index is 14.0. The molecule has 2 aromatic carbocycles. The van der Waals surface area contributed by atoms with Crippen molar-refractivity contribution in [1.82, 2.24) is 9.97 Å². The van der Waals surface area contributed by atoms with Gasteiger partial charge >= 0.3 is 0 Å². The molecule has 0 atom stereocenters. The smallest absolute Gasteiger partial charge is 0.222 e. The minimum atomic E-state index is -0.507. The topological polar surface area (TPSA) is 113 Å². The lowest BCUT2D eigenvalue weighted by Crippen LogP contribution is -2.10. The summed E-state index contributed by atoms with van der Waals surface area (Å²) in [6.45, 7) is 2.98. The minimum absolute atomic E-state index is 0.143. The van der Waals surface area contributed by atoms with Crippen molar-refractivity contribution < 1.29 is 23.8 Å². The van der Waals surface area contributed by atoms with Gasteiger partial charge in [0.25, 0.3) is 0 Å². The third-order valence-corrected chi connectivity index (χ3v) is 6.06. The fourth-order valence-corrected chi connectivity index (χ4v) is 4.23. The van der Waals surface area contributed by atoms with Gasteiger partial charge in [-0.2, -0.15) is 0 Å². The van der Waals surface area contributed by atoms with Crippen LogP contribution in [0.3, 0.4) is 0 Å². The first-order chi connectivity index (χ1) is 18.6. The molecule has 0 spiro atoms. The number of fused-ring (bicyclic) bond motifs is 3. The maximum Gasteiger partial charge on any atom is 0.222 e. The number of rotatable bonds is 4. The van der Waals surface area contributed by atoms with E-state index in [1.54, 1.807) is 18.3 Å². The van der Waals surface area contributed by atoms with E-state index < -0.39 is 5.82 Å². The van der Waals surface area contributed by atoms with Crippen LogP contribution in [-0.2, 0) is 22.8 Å². The quantitative estimate of drug-likeness (QED) is 0.268. The summed E-state index contributed by atoms with van der Waals surface area (Å²) in [5, 5.41) is 15.4. The van der Waals surface area contributed by atoms with Crippen LogP contribution in [-0.4, -0.2) is 26.9 Å². The van der Waals surface area contributed by atoms with Crippen LogP contribution in [0, 0.1) is 5.82 Å². The fourth-order valence-electron chi connectivity index (χ4n) is 3.91. The molecule has 39 heavy (non-hydrogen) atoms. The van der Waals surface area contributed by atoms with Crippen LogP contribution >= 0.6 is 23.2 Å². The number of pyridine rings is 2. The van der Waals surface area contributed by atoms with Crippen LogP contribution in [0.4, 0.5) is 16.0 Å². The lowest BCUT2D eigenvalue weighted by Gasteiger charge is -2.21. The molecule has 0 bridgehead atoms.